The zero-order chi connectivity index (χ0) is 12.8. The first-order chi connectivity index (χ1) is 8.08. The molecular weight excluding hydrogens is 329 g/mol. The fourth-order valence-corrected chi connectivity index (χ4v) is 2.31. The molecular formula is C13H18INO2. The summed E-state index contributed by atoms with van der Waals surface area (Å²) in [6, 6.07) is 8.16. The molecule has 1 rings (SSSR count). The summed E-state index contributed by atoms with van der Waals surface area (Å²) >= 11 is 2.28. The van der Waals surface area contributed by atoms with E-state index >= 15 is 0 Å². The maximum atomic E-state index is 5.52. The van der Waals surface area contributed by atoms with E-state index in [9.17, 15) is 0 Å². The SMILES string of the molecule is C=C(N)O[C@H](CC)[C@H](OC)c1cccc(I)c1. The van der Waals surface area contributed by atoms with E-state index < -0.39 is 0 Å². The summed E-state index contributed by atoms with van der Waals surface area (Å²) in [6.45, 7) is 5.60. The molecule has 0 amide bonds. The number of hydrogen-bond acceptors (Lipinski definition) is 3. The van der Waals surface area contributed by atoms with E-state index in [-0.39, 0.29) is 18.1 Å². The Morgan fingerprint density at radius 2 is 2.24 bits per heavy atom. The first kappa shape index (κ1) is 14.3. The van der Waals surface area contributed by atoms with E-state index in [1.54, 1.807) is 7.11 Å². The van der Waals surface area contributed by atoms with Gasteiger partial charge >= 0.3 is 0 Å². The minimum atomic E-state index is -0.130. The van der Waals surface area contributed by atoms with E-state index in [4.69, 9.17) is 15.2 Å². The highest BCUT2D eigenvalue weighted by Gasteiger charge is 2.23. The lowest BCUT2D eigenvalue weighted by molar-refractivity contribution is -0.0331. The van der Waals surface area contributed by atoms with Crippen LogP contribution in [-0.4, -0.2) is 13.2 Å². The minimum absolute atomic E-state index is 0.115. The number of benzene rings is 1. The first-order valence-corrected chi connectivity index (χ1v) is 6.55. The standard InChI is InChI=1S/C13H18INO2/c1-4-12(17-9(2)15)13(16-3)10-6-5-7-11(14)8-10/h5-8,12-13H,2,4,15H2,1,3H3/t12-,13-/m1/s1. The summed E-state index contributed by atoms with van der Waals surface area (Å²) in [6.07, 6.45) is 0.561. The van der Waals surface area contributed by atoms with E-state index in [0.29, 0.717) is 0 Å². The Labute approximate surface area is 116 Å². The predicted octanol–water partition coefficient (Wildman–Crippen LogP) is 3.20. The maximum absolute atomic E-state index is 5.52. The Morgan fingerprint density at radius 3 is 2.71 bits per heavy atom. The van der Waals surface area contributed by atoms with Gasteiger partial charge in [0.15, 0.2) is 5.88 Å². The molecule has 0 aliphatic rings. The molecule has 0 spiro atoms. The molecule has 0 aliphatic heterocycles. The van der Waals surface area contributed by atoms with Gasteiger partial charge in [-0.25, -0.2) is 0 Å². The number of methoxy groups -OCH3 is 1. The summed E-state index contributed by atoms with van der Waals surface area (Å²) in [5.74, 6) is 0.226. The maximum Gasteiger partial charge on any atom is 0.177 e. The van der Waals surface area contributed by atoms with Gasteiger partial charge in [-0.05, 0) is 53.3 Å². The first-order valence-electron chi connectivity index (χ1n) is 5.47. The van der Waals surface area contributed by atoms with Crippen LogP contribution in [0, 0.1) is 3.57 Å². The van der Waals surface area contributed by atoms with Crippen molar-refractivity contribution in [1.29, 1.82) is 0 Å². The van der Waals surface area contributed by atoms with Gasteiger partial charge in [-0.2, -0.15) is 0 Å². The number of nitrogens with two attached hydrogens (primary N) is 1. The van der Waals surface area contributed by atoms with Gasteiger partial charge in [-0.1, -0.05) is 19.1 Å². The fraction of sp³-hybridized carbons (Fsp3) is 0.385. The summed E-state index contributed by atoms with van der Waals surface area (Å²) in [5, 5.41) is 0. The zero-order valence-electron chi connectivity index (χ0n) is 10.2. The van der Waals surface area contributed by atoms with Gasteiger partial charge in [0.1, 0.15) is 12.2 Å². The van der Waals surface area contributed by atoms with Crippen LogP contribution in [0.15, 0.2) is 36.7 Å². The lowest BCUT2D eigenvalue weighted by Crippen LogP contribution is -2.24. The monoisotopic (exact) mass is 347 g/mol. The van der Waals surface area contributed by atoms with Gasteiger partial charge in [-0.15, -0.1) is 0 Å². The average molecular weight is 347 g/mol. The van der Waals surface area contributed by atoms with Gasteiger partial charge in [0.05, 0.1) is 0 Å². The van der Waals surface area contributed by atoms with Crippen molar-refractivity contribution in [2.75, 3.05) is 7.11 Å². The van der Waals surface area contributed by atoms with Crippen molar-refractivity contribution in [2.45, 2.75) is 25.6 Å². The van der Waals surface area contributed by atoms with Crippen molar-refractivity contribution in [2.24, 2.45) is 5.73 Å². The Morgan fingerprint density at radius 1 is 1.53 bits per heavy atom. The lowest BCUT2D eigenvalue weighted by atomic mass is 10.0. The van der Waals surface area contributed by atoms with Crippen molar-refractivity contribution < 1.29 is 9.47 Å². The smallest absolute Gasteiger partial charge is 0.177 e. The van der Waals surface area contributed by atoms with E-state index in [1.807, 2.05) is 25.1 Å². The van der Waals surface area contributed by atoms with Crippen molar-refractivity contribution in [3.8, 4) is 0 Å². The Hall–Kier alpha value is -0.750. The van der Waals surface area contributed by atoms with Gasteiger partial charge < -0.3 is 15.2 Å². The van der Waals surface area contributed by atoms with Gasteiger partial charge in [0.2, 0.25) is 0 Å². The molecule has 2 atom stereocenters. The van der Waals surface area contributed by atoms with Crippen LogP contribution in [0.25, 0.3) is 0 Å². The highest BCUT2D eigenvalue weighted by molar-refractivity contribution is 14.1. The van der Waals surface area contributed by atoms with Crippen molar-refractivity contribution >= 4 is 22.6 Å². The van der Waals surface area contributed by atoms with Crippen molar-refractivity contribution in [1.82, 2.24) is 0 Å². The van der Waals surface area contributed by atoms with Crippen LogP contribution in [0.5, 0.6) is 0 Å². The fourth-order valence-electron chi connectivity index (χ4n) is 1.74. The van der Waals surface area contributed by atoms with Crippen LogP contribution in [-0.2, 0) is 9.47 Å². The van der Waals surface area contributed by atoms with Crippen LogP contribution in [0.4, 0.5) is 0 Å². The van der Waals surface area contributed by atoms with Crippen LogP contribution >= 0.6 is 22.6 Å². The molecule has 0 saturated carbocycles. The van der Waals surface area contributed by atoms with Crippen LogP contribution < -0.4 is 5.73 Å². The van der Waals surface area contributed by atoms with E-state index in [2.05, 4.69) is 35.2 Å². The summed E-state index contributed by atoms with van der Waals surface area (Å²) in [4.78, 5) is 0. The Bertz CT molecular complexity index is 381. The third-order valence-corrected chi connectivity index (χ3v) is 3.14. The van der Waals surface area contributed by atoms with Crippen LogP contribution in [0.1, 0.15) is 25.0 Å². The number of hydrogen-bond donors (Lipinski definition) is 1. The summed E-state index contributed by atoms with van der Waals surface area (Å²) in [7, 11) is 1.68. The molecule has 0 heterocycles. The molecule has 1 aromatic rings. The molecule has 0 radical (unpaired) electrons. The largest absolute Gasteiger partial charge is 0.474 e. The Balaban J connectivity index is 2.92. The molecule has 0 fully saturated rings. The minimum Gasteiger partial charge on any atom is -0.474 e. The number of halogens is 1. The average Bonchev–Trinajstić information content (AvgIpc) is 2.28. The van der Waals surface area contributed by atoms with Gasteiger partial charge in [0.25, 0.3) is 0 Å². The molecule has 17 heavy (non-hydrogen) atoms. The third-order valence-electron chi connectivity index (χ3n) is 2.47. The quantitative estimate of drug-likeness (QED) is 0.635. The van der Waals surface area contributed by atoms with Gasteiger partial charge in [0, 0.05) is 10.7 Å². The van der Waals surface area contributed by atoms with Crippen molar-refractivity contribution in [3.05, 3.63) is 45.9 Å². The molecule has 0 aromatic heterocycles. The molecule has 94 valence electrons. The predicted molar refractivity (Wildman–Crippen MR) is 77.4 cm³/mol. The Kier molecular flexibility index (Phi) is 5.77. The molecule has 0 unspecified atom stereocenters. The van der Waals surface area contributed by atoms with E-state index in [1.165, 1.54) is 3.57 Å². The second-order valence-electron chi connectivity index (χ2n) is 3.74. The summed E-state index contributed by atoms with van der Waals surface area (Å²) < 4.78 is 12.2. The highest BCUT2D eigenvalue weighted by atomic mass is 127. The normalized spacial score (nSPS) is 14.1. The number of rotatable bonds is 6. The van der Waals surface area contributed by atoms with Crippen LogP contribution in [0.2, 0.25) is 0 Å². The second-order valence-corrected chi connectivity index (χ2v) is 4.99. The molecule has 1 aromatic carbocycles. The van der Waals surface area contributed by atoms with Crippen LogP contribution in [0.3, 0.4) is 0 Å². The zero-order valence-corrected chi connectivity index (χ0v) is 12.3. The van der Waals surface area contributed by atoms with Gasteiger partial charge in [-0.3, -0.25) is 0 Å². The highest BCUT2D eigenvalue weighted by Crippen LogP contribution is 2.26. The second kappa shape index (κ2) is 6.86. The molecule has 0 aliphatic carbocycles. The molecule has 2 N–H and O–H groups in total. The molecule has 0 saturated heterocycles. The van der Waals surface area contributed by atoms with E-state index in [0.717, 1.165) is 12.0 Å². The third kappa shape index (κ3) is 4.20. The van der Waals surface area contributed by atoms with Crippen molar-refractivity contribution in [3.63, 3.8) is 0 Å². The topological polar surface area (TPSA) is 44.5 Å². The molecule has 3 nitrogen and oxygen atoms in total. The molecule has 4 heteroatoms. The number of ether oxygens (including phenoxy) is 2. The summed E-state index contributed by atoms with van der Waals surface area (Å²) in [5.41, 5.74) is 6.59. The molecule has 0 bridgehead atoms. The lowest BCUT2D eigenvalue weighted by Gasteiger charge is -2.26.